The maximum Gasteiger partial charge on any atom is 0.292 e. The van der Waals surface area contributed by atoms with Crippen LogP contribution in [-0.4, -0.2) is 17.6 Å². The minimum atomic E-state index is -0.268. The maximum atomic E-state index is 12.3. The molecule has 2 rings (SSSR count). The number of hydrogen-bond acceptors (Lipinski definition) is 6. The third kappa shape index (κ3) is 6.03. The van der Waals surface area contributed by atoms with Gasteiger partial charge in [0.1, 0.15) is 11.5 Å². The summed E-state index contributed by atoms with van der Waals surface area (Å²) in [6.07, 6.45) is 4.26. The molecule has 6 nitrogen and oxygen atoms in total. The van der Waals surface area contributed by atoms with E-state index in [4.69, 9.17) is 10.00 Å². The molecule has 0 aliphatic rings. The summed E-state index contributed by atoms with van der Waals surface area (Å²) in [7, 11) is 0. The topological polar surface area (TPSA) is 96.6 Å². The van der Waals surface area contributed by atoms with Crippen LogP contribution < -0.4 is 4.74 Å². The van der Waals surface area contributed by atoms with Crippen LogP contribution in [-0.2, 0) is 16.0 Å². The minimum absolute atomic E-state index is 0.0239. The van der Waals surface area contributed by atoms with Gasteiger partial charge in [-0.3, -0.25) is 9.59 Å². The van der Waals surface area contributed by atoms with E-state index in [0.717, 1.165) is 5.56 Å². The number of ether oxygens (including phenoxy) is 1. The molecular weight excluding hydrogens is 344 g/mol. The van der Waals surface area contributed by atoms with Crippen LogP contribution in [0.1, 0.15) is 35.7 Å². The van der Waals surface area contributed by atoms with Gasteiger partial charge in [0, 0.05) is 17.9 Å². The van der Waals surface area contributed by atoms with Gasteiger partial charge < -0.3 is 4.74 Å². The molecule has 0 aromatic heterocycles. The molecule has 0 N–H and O–H groups in total. The fourth-order valence-electron chi connectivity index (χ4n) is 2.70. The molecule has 1 unspecified atom stereocenters. The number of nitrogens with zero attached hydrogens (tertiary/aromatic N) is 2. The molecule has 0 bridgehead atoms. The molecule has 2 aromatic rings. The molecule has 0 saturated heterocycles. The second-order valence-corrected chi connectivity index (χ2v) is 6.06. The fourth-order valence-corrected chi connectivity index (χ4v) is 2.70. The van der Waals surface area contributed by atoms with Crippen LogP contribution >= 0.6 is 0 Å². The lowest BCUT2D eigenvalue weighted by Gasteiger charge is -2.13. The highest BCUT2D eigenvalue weighted by atomic mass is 16.5. The highest BCUT2D eigenvalue weighted by Gasteiger charge is 2.17. The van der Waals surface area contributed by atoms with Crippen LogP contribution in [0.4, 0.5) is 5.69 Å². The molecule has 0 spiro atoms. The predicted octanol–water partition coefficient (Wildman–Crippen LogP) is 3.92. The zero-order chi connectivity index (χ0) is 19.6. The smallest absolute Gasteiger partial charge is 0.292 e. The largest absolute Gasteiger partial charge is 0.388 e. The van der Waals surface area contributed by atoms with Gasteiger partial charge in [-0.15, -0.1) is 5.26 Å². The van der Waals surface area contributed by atoms with Crippen molar-refractivity contribution >= 4 is 23.3 Å². The quantitative estimate of drug-likeness (QED) is 0.291. The molecule has 0 aliphatic heterocycles. The van der Waals surface area contributed by atoms with E-state index in [1.807, 2.05) is 0 Å². The van der Waals surface area contributed by atoms with Crippen LogP contribution in [0.15, 0.2) is 53.5 Å². The Balaban J connectivity index is 1.97. The first-order chi connectivity index (χ1) is 13.0. The van der Waals surface area contributed by atoms with Crippen LogP contribution in [0.3, 0.4) is 0 Å². The van der Waals surface area contributed by atoms with Crippen LogP contribution in [0, 0.1) is 17.4 Å². The van der Waals surface area contributed by atoms with Gasteiger partial charge in [0.15, 0.2) is 5.78 Å². The number of hydrogen-bond donors (Lipinski definition) is 0. The average molecular weight is 362 g/mol. The molecule has 0 saturated carbocycles. The third-order valence-corrected chi connectivity index (χ3v) is 4.23. The van der Waals surface area contributed by atoms with Crippen LogP contribution in [0.2, 0.25) is 0 Å². The van der Waals surface area contributed by atoms with Crippen molar-refractivity contribution in [2.24, 2.45) is 10.9 Å². The summed E-state index contributed by atoms with van der Waals surface area (Å²) in [6, 6.07) is 13.3. The summed E-state index contributed by atoms with van der Waals surface area (Å²) >= 11 is 0. The molecule has 136 valence electrons. The van der Waals surface area contributed by atoms with Gasteiger partial charge in [0.05, 0.1) is 5.69 Å². The predicted molar refractivity (Wildman–Crippen MR) is 98.3 cm³/mol. The fraction of sp³-hybridized carbons (Fsp3) is 0.238. The van der Waals surface area contributed by atoms with Crippen molar-refractivity contribution in [2.45, 2.75) is 26.2 Å². The van der Waals surface area contributed by atoms with E-state index in [9.17, 15) is 14.4 Å². The van der Waals surface area contributed by atoms with E-state index in [-0.39, 0.29) is 23.9 Å². The Bertz CT molecular complexity index is 889. The Kier molecular flexibility index (Phi) is 7.18. The summed E-state index contributed by atoms with van der Waals surface area (Å²) in [5.41, 5.74) is 1.89. The van der Waals surface area contributed by atoms with Gasteiger partial charge in [-0.1, -0.05) is 12.1 Å². The van der Waals surface area contributed by atoms with E-state index in [0.29, 0.717) is 29.8 Å². The number of nitriles is 1. The van der Waals surface area contributed by atoms with Gasteiger partial charge in [-0.25, -0.2) is 4.79 Å². The monoisotopic (exact) mass is 362 g/mol. The van der Waals surface area contributed by atoms with Gasteiger partial charge >= 0.3 is 0 Å². The molecule has 27 heavy (non-hydrogen) atoms. The molecular formula is C21H18N2O4. The van der Waals surface area contributed by atoms with E-state index in [2.05, 4.69) is 4.99 Å². The van der Waals surface area contributed by atoms with Crippen molar-refractivity contribution < 1.29 is 19.1 Å². The first kappa shape index (κ1) is 19.8. The van der Waals surface area contributed by atoms with Gasteiger partial charge in [0.25, 0.3) is 6.26 Å². The summed E-state index contributed by atoms with van der Waals surface area (Å²) < 4.78 is 4.73. The first-order valence-electron chi connectivity index (χ1n) is 8.40. The van der Waals surface area contributed by atoms with Gasteiger partial charge in [-0.2, -0.15) is 4.99 Å². The molecule has 0 radical (unpaired) electrons. The Labute approximate surface area is 157 Å². The number of benzene rings is 2. The highest BCUT2D eigenvalue weighted by molar-refractivity contribution is 5.96. The Morgan fingerprint density at radius 1 is 1.11 bits per heavy atom. The molecule has 0 amide bonds. The number of Topliss-reactive ketones (excluding diaryl/α,β-unsaturated/α-hetero) is 2. The molecule has 0 fully saturated rings. The summed E-state index contributed by atoms with van der Waals surface area (Å²) in [6.45, 7) is 1.52. The van der Waals surface area contributed by atoms with E-state index in [1.165, 1.54) is 13.0 Å². The lowest BCUT2D eigenvalue weighted by molar-refractivity contribution is -0.120. The zero-order valence-corrected chi connectivity index (χ0v) is 14.8. The average Bonchev–Trinajstić information content (AvgIpc) is 2.67. The molecule has 2 aromatic carbocycles. The zero-order valence-electron chi connectivity index (χ0n) is 14.8. The Morgan fingerprint density at radius 2 is 1.78 bits per heavy atom. The minimum Gasteiger partial charge on any atom is -0.388 e. The standard InChI is InChI=1S/C21H18N2O4/c1-15(25)18(12-16-2-9-20(10-3-16)27-13-22)6-11-21(26)17-4-7-19(8-5-17)23-14-24/h2-5,7-10,18H,6,11-12H2,1H3. The number of aliphatic imine (C=N–C) groups is 1. The summed E-state index contributed by atoms with van der Waals surface area (Å²) in [4.78, 5) is 38.0. The molecule has 6 heteroatoms. The van der Waals surface area contributed by atoms with Crippen molar-refractivity contribution in [1.82, 2.24) is 0 Å². The number of ketones is 2. The summed E-state index contributed by atoms with van der Waals surface area (Å²) in [5, 5.41) is 8.49. The normalized spacial score (nSPS) is 11.0. The first-order valence-corrected chi connectivity index (χ1v) is 8.40. The maximum absolute atomic E-state index is 12.3. The van der Waals surface area contributed by atoms with Crippen molar-refractivity contribution in [1.29, 1.82) is 5.26 Å². The second kappa shape index (κ2) is 9.81. The van der Waals surface area contributed by atoms with E-state index < -0.39 is 0 Å². The number of carbonyl (C=O) groups excluding carboxylic acids is 3. The van der Waals surface area contributed by atoms with Crippen LogP contribution in [0.5, 0.6) is 5.75 Å². The molecule has 0 aliphatic carbocycles. The van der Waals surface area contributed by atoms with Crippen molar-refractivity contribution in [3.05, 3.63) is 59.7 Å². The highest BCUT2D eigenvalue weighted by Crippen LogP contribution is 2.20. The van der Waals surface area contributed by atoms with E-state index in [1.54, 1.807) is 54.8 Å². The van der Waals surface area contributed by atoms with Crippen molar-refractivity contribution in [3.8, 4) is 12.0 Å². The van der Waals surface area contributed by atoms with Crippen molar-refractivity contribution in [2.75, 3.05) is 0 Å². The SMILES string of the molecule is CC(=O)C(CCC(=O)c1ccc(N=C=O)cc1)Cc1ccc(OC#N)cc1. The lowest BCUT2D eigenvalue weighted by atomic mass is 9.90. The van der Waals surface area contributed by atoms with Crippen LogP contribution in [0.25, 0.3) is 0 Å². The van der Waals surface area contributed by atoms with Gasteiger partial charge in [-0.05, 0) is 61.7 Å². The molecule has 0 heterocycles. The Hall–Kier alpha value is -3.55. The molecule has 1 atom stereocenters. The van der Waals surface area contributed by atoms with Crippen molar-refractivity contribution in [3.63, 3.8) is 0 Å². The Morgan fingerprint density at radius 3 is 2.33 bits per heavy atom. The number of carbonyl (C=O) groups is 2. The number of isocyanates is 1. The third-order valence-electron chi connectivity index (χ3n) is 4.23. The van der Waals surface area contributed by atoms with E-state index >= 15 is 0 Å². The lowest BCUT2D eigenvalue weighted by Crippen LogP contribution is -2.16. The summed E-state index contributed by atoms with van der Waals surface area (Å²) in [5.74, 6) is 0.130. The van der Waals surface area contributed by atoms with Gasteiger partial charge in [0.2, 0.25) is 6.08 Å². The number of rotatable bonds is 9. The second-order valence-electron chi connectivity index (χ2n) is 6.06.